The van der Waals surface area contributed by atoms with Gasteiger partial charge in [-0.05, 0) is 31.6 Å². The van der Waals surface area contributed by atoms with E-state index in [2.05, 4.69) is 17.1 Å². The molecular formula is C11H18N2O. The Kier molecular flexibility index (Phi) is 2.85. The van der Waals surface area contributed by atoms with E-state index in [1.165, 1.54) is 32.1 Å². The van der Waals surface area contributed by atoms with Crippen LogP contribution in [0.1, 0.15) is 56.7 Å². The Balaban J connectivity index is 1.95. The lowest BCUT2D eigenvalue weighted by atomic mass is 9.81. The molecule has 3 heteroatoms. The molecule has 0 saturated heterocycles. The van der Waals surface area contributed by atoms with Gasteiger partial charge in [-0.2, -0.15) is 0 Å². The average Bonchev–Trinajstić information content (AvgIpc) is 2.65. The smallest absolute Gasteiger partial charge is 0.219 e. The molecule has 0 N–H and O–H groups in total. The van der Waals surface area contributed by atoms with Gasteiger partial charge in [0.15, 0.2) is 0 Å². The molecular weight excluding hydrogens is 176 g/mol. The van der Waals surface area contributed by atoms with Crippen LogP contribution >= 0.6 is 0 Å². The molecule has 1 heterocycles. The van der Waals surface area contributed by atoms with E-state index in [-0.39, 0.29) is 0 Å². The van der Waals surface area contributed by atoms with Crippen molar-refractivity contribution in [3.05, 3.63) is 11.8 Å². The van der Waals surface area contributed by atoms with Gasteiger partial charge in [-0.1, -0.05) is 13.3 Å². The van der Waals surface area contributed by atoms with Gasteiger partial charge in [0, 0.05) is 12.8 Å². The molecule has 1 fully saturated rings. The fourth-order valence-corrected chi connectivity index (χ4v) is 2.29. The van der Waals surface area contributed by atoms with E-state index in [0.717, 1.165) is 11.8 Å². The van der Waals surface area contributed by atoms with E-state index in [4.69, 9.17) is 4.42 Å². The topological polar surface area (TPSA) is 38.9 Å². The Bertz CT molecular complexity index is 287. The van der Waals surface area contributed by atoms with Crippen molar-refractivity contribution < 1.29 is 4.42 Å². The summed E-state index contributed by atoms with van der Waals surface area (Å²) in [7, 11) is 0. The van der Waals surface area contributed by atoms with Gasteiger partial charge >= 0.3 is 0 Å². The maximum Gasteiger partial charge on any atom is 0.219 e. The summed E-state index contributed by atoms with van der Waals surface area (Å²) in [5.41, 5.74) is 0. The molecule has 0 aliphatic heterocycles. The van der Waals surface area contributed by atoms with Gasteiger partial charge < -0.3 is 4.42 Å². The molecule has 0 aromatic carbocycles. The van der Waals surface area contributed by atoms with Crippen molar-refractivity contribution in [2.24, 2.45) is 5.92 Å². The van der Waals surface area contributed by atoms with Crippen LogP contribution in [0.4, 0.5) is 0 Å². The van der Waals surface area contributed by atoms with Gasteiger partial charge in [-0.3, -0.25) is 0 Å². The van der Waals surface area contributed by atoms with Crippen molar-refractivity contribution in [1.29, 1.82) is 0 Å². The molecule has 1 aliphatic rings. The second-order valence-corrected chi connectivity index (χ2v) is 4.29. The molecule has 0 radical (unpaired) electrons. The third-order valence-electron chi connectivity index (χ3n) is 3.32. The summed E-state index contributed by atoms with van der Waals surface area (Å²) < 4.78 is 5.47. The highest BCUT2D eigenvalue weighted by molar-refractivity contribution is 4.93. The third kappa shape index (κ3) is 1.97. The summed E-state index contributed by atoms with van der Waals surface area (Å²) in [5.74, 6) is 3.00. The summed E-state index contributed by atoms with van der Waals surface area (Å²) in [6.45, 7) is 4.13. The number of hydrogen-bond acceptors (Lipinski definition) is 3. The predicted molar refractivity (Wildman–Crippen MR) is 54.0 cm³/mol. The van der Waals surface area contributed by atoms with Crippen molar-refractivity contribution in [3.63, 3.8) is 0 Å². The molecule has 78 valence electrons. The zero-order valence-electron chi connectivity index (χ0n) is 8.99. The maximum atomic E-state index is 5.47. The first kappa shape index (κ1) is 9.69. The first-order chi connectivity index (χ1) is 6.79. The summed E-state index contributed by atoms with van der Waals surface area (Å²) in [4.78, 5) is 0. The molecule has 1 aromatic heterocycles. The summed E-state index contributed by atoms with van der Waals surface area (Å²) in [5, 5.41) is 7.99. The third-order valence-corrected chi connectivity index (χ3v) is 3.32. The van der Waals surface area contributed by atoms with Gasteiger partial charge in [0.2, 0.25) is 11.8 Å². The van der Waals surface area contributed by atoms with Crippen LogP contribution in [0, 0.1) is 12.8 Å². The molecule has 14 heavy (non-hydrogen) atoms. The molecule has 2 rings (SSSR count). The highest BCUT2D eigenvalue weighted by Crippen LogP contribution is 2.36. The van der Waals surface area contributed by atoms with E-state index in [1.807, 2.05) is 6.92 Å². The van der Waals surface area contributed by atoms with Gasteiger partial charge in [-0.25, -0.2) is 0 Å². The number of nitrogens with zero attached hydrogens (tertiary/aromatic N) is 2. The van der Waals surface area contributed by atoms with Crippen LogP contribution in [0.15, 0.2) is 4.42 Å². The lowest BCUT2D eigenvalue weighted by molar-refractivity contribution is 0.285. The number of rotatable bonds is 2. The Labute approximate surface area is 84.9 Å². The highest BCUT2D eigenvalue weighted by atomic mass is 16.4. The second-order valence-electron chi connectivity index (χ2n) is 4.29. The second kappa shape index (κ2) is 4.11. The normalized spacial score (nSPS) is 27.9. The van der Waals surface area contributed by atoms with Crippen molar-refractivity contribution in [2.75, 3.05) is 0 Å². The minimum Gasteiger partial charge on any atom is -0.425 e. The molecule has 0 unspecified atom stereocenters. The largest absolute Gasteiger partial charge is 0.425 e. The van der Waals surface area contributed by atoms with Crippen LogP contribution < -0.4 is 0 Å². The first-order valence-electron chi connectivity index (χ1n) is 5.59. The Morgan fingerprint density at radius 1 is 1.21 bits per heavy atom. The molecule has 1 aliphatic carbocycles. The van der Waals surface area contributed by atoms with Crippen LogP contribution in [0.25, 0.3) is 0 Å². The Morgan fingerprint density at radius 3 is 2.43 bits per heavy atom. The van der Waals surface area contributed by atoms with Crippen molar-refractivity contribution >= 4 is 0 Å². The lowest BCUT2D eigenvalue weighted by Crippen LogP contribution is -2.12. The SMILES string of the molecule is CCC1CCC(c2nnc(C)o2)CC1. The fraction of sp³-hybridized carbons (Fsp3) is 0.818. The van der Waals surface area contributed by atoms with Crippen LogP contribution in [0.3, 0.4) is 0 Å². The molecule has 0 amide bonds. The quantitative estimate of drug-likeness (QED) is 0.726. The van der Waals surface area contributed by atoms with Gasteiger partial charge in [0.25, 0.3) is 0 Å². The molecule has 1 aromatic rings. The minimum atomic E-state index is 0.527. The van der Waals surface area contributed by atoms with Crippen LogP contribution in [-0.4, -0.2) is 10.2 Å². The van der Waals surface area contributed by atoms with Crippen LogP contribution in [0.2, 0.25) is 0 Å². The fourth-order valence-electron chi connectivity index (χ4n) is 2.29. The van der Waals surface area contributed by atoms with E-state index in [9.17, 15) is 0 Å². The Morgan fingerprint density at radius 2 is 1.93 bits per heavy atom. The number of aromatic nitrogens is 2. The monoisotopic (exact) mass is 194 g/mol. The number of aryl methyl sites for hydroxylation is 1. The predicted octanol–water partition coefficient (Wildman–Crippen LogP) is 3.06. The summed E-state index contributed by atoms with van der Waals surface area (Å²) in [6.07, 6.45) is 6.40. The zero-order valence-corrected chi connectivity index (χ0v) is 8.99. The molecule has 0 atom stereocenters. The molecule has 0 bridgehead atoms. The summed E-state index contributed by atoms with van der Waals surface area (Å²) in [6, 6.07) is 0. The number of hydrogen-bond donors (Lipinski definition) is 0. The van der Waals surface area contributed by atoms with Gasteiger partial charge in [0.1, 0.15) is 0 Å². The lowest BCUT2D eigenvalue weighted by Gasteiger charge is -2.25. The Hall–Kier alpha value is -0.860. The van der Waals surface area contributed by atoms with Crippen LogP contribution in [0.5, 0.6) is 0 Å². The van der Waals surface area contributed by atoms with Gasteiger partial charge in [-0.15, -0.1) is 10.2 Å². The minimum absolute atomic E-state index is 0.527. The molecule has 1 saturated carbocycles. The maximum absolute atomic E-state index is 5.47. The van der Waals surface area contributed by atoms with Crippen molar-refractivity contribution in [2.45, 2.75) is 51.9 Å². The molecule has 3 nitrogen and oxygen atoms in total. The van der Waals surface area contributed by atoms with E-state index < -0.39 is 0 Å². The molecule has 0 spiro atoms. The van der Waals surface area contributed by atoms with Crippen LogP contribution in [-0.2, 0) is 0 Å². The van der Waals surface area contributed by atoms with E-state index >= 15 is 0 Å². The standard InChI is InChI=1S/C11H18N2O/c1-3-9-4-6-10(7-5-9)11-13-12-8(2)14-11/h9-10H,3-7H2,1-2H3. The van der Waals surface area contributed by atoms with Crippen molar-refractivity contribution in [3.8, 4) is 0 Å². The highest BCUT2D eigenvalue weighted by Gasteiger charge is 2.24. The van der Waals surface area contributed by atoms with Gasteiger partial charge in [0.05, 0.1) is 0 Å². The zero-order chi connectivity index (χ0) is 9.97. The average molecular weight is 194 g/mol. The van der Waals surface area contributed by atoms with E-state index in [0.29, 0.717) is 11.8 Å². The van der Waals surface area contributed by atoms with Crippen molar-refractivity contribution in [1.82, 2.24) is 10.2 Å². The van der Waals surface area contributed by atoms with E-state index in [1.54, 1.807) is 0 Å². The summed E-state index contributed by atoms with van der Waals surface area (Å²) >= 11 is 0. The first-order valence-corrected chi connectivity index (χ1v) is 5.59.